The number of rotatable bonds is 7. The smallest absolute Gasteiger partial charge is 0.259 e. The van der Waals surface area contributed by atoms with Crippen LogP contribution in [-0.2, 0) is 11.3 Å². The molecule has 0 saturated heterocycles. The summed E-state index contributed by atoms with van der Waals surface area (Å²) in [5.41, 5.74) is 1.95. The molecule has 0 radical (unpaired) electrons. The number of aromatic nitrogens is 4. The van der Waals surface area contributed by atoms with E-state index < -0.39 is 0 Å². The van der Waals surface area contributed by atoms with Gasteiger partial charge in [-0.05, 0) is 36.2 Å². The van der Waals surface area contributed by atoms with Gasteiger partial charge in [0.1, 0.15) is 12.4 Å². The Balaban J connectivity index is 1.71. The fourth-order valence-corrected chi connectivity index (χ4v) is 2.36. The molecule has 3 heterocycles. The molecule has 0 spiro atoms. The quantitative estimate of drug-likeness (QED) is 0.713. The Morgan fingerprint density at radius 1 is 1.21 bits per heavy atom. The third-order valence-electron chi connectivity index (χ3n) is 3.59. The molecule has 1 unspecified atom stereocenters. The molecule has 7 nitrogen and oxygen atoms in total. The van der Waals surface area contributed by atoms with Crippen molar-refractivity contribution in [2.24, 2.45) is 0 Å². The van der Waals surface area contributed by atoms with Crippen LogP contribution in [0.3, 0.4) is 0 Å². The molecule has 0 aliphatic heterocycles. The second kappa shape index (κ2) is 7.65. The van der Waals surface area contributed by atoms with Crippen LogP contribution in [-0.4, -0.2) is 27.2 Å². The molecule has 7 heteroatoms. The van der Waals surface area contributed by atoms with Gasteiger partial charge in [-0.15, -0.1) is 0 Å². The molecule has 1 N–H and O–H groups in total. The van der Waals surface area contributed by atoms with E-state index in [4.69, 9.17) is 9.26 Å². The normalized spacial score (nSPS) is 12.1. The van der Waals surface area contributed by atoms with Crippen LogP contribution >= 0.6 is 0 Å². The van der Waals surface area contributed by atoms with Crippen LogP contribution in [0.25, 0.3) is 11.5 Å². The van der Waals surface area contributed by atoms with Crippen LogP contribution in [0, 0.1) is 0 Å². The number of pyridine rings is 2. The molecule has 0 fully saturated rings. The third kappa shape index (κ3) is 3.75. The topological polar surface area (TPSA) is 86.0 Å². The van der Waals surface area contributed by atoms with Gasteiger partial charge < -0.3 is 14.6 Å². The van der Waals surface area contributed by atoms with Crippen molar-refractivity contribution < 1.29 is 9.26 Å². The van der Waals surface area contributed by atoms with Gasteiger partial charge in [-0.3, -0.25) is 4.98 Å². The summed E-state index contributed by atoms with van der Waals surface area (Å²) in [6.07, 6.45) is 6.25. The lowest BCUT2D eigenvalue weighted by molar-refractivity contribution is 0.174. The predicted octanol–water partition coefficient (Wildman–Crippen LogP) is 3.24. The zero-order valence-corrected chi connectivity index (χ0v) is 13.6. The van der Waals surface area contributed by atoms with E-state index >= 15 is 0 Å². The second-order valence-electron chi connectivity index (χ2n) is 5.27. The monoisotopic (exact) mass is 325 g/mol. The minimum Gasteiger partial charge on any atom is -0.377 e. The van der Waals surface area contributed by atoms with Crippen LogP contribution in [0.1, 0.15) is 30.8 Å². The molecule has 0 aliphatic carbocycles. The van der Waals surface area contributed by atoms with Gasteiger partial charge in [0.2, 0.25) is 0 Å². The number of hydrogen-bond donors (Lipinski definition) is 1. The van der Waals surface area contributed by atoms with E-state index in [1.165, 1.54) is 5.56 Å². The summed E-state index contributed by atoms with van der Waals surface area (Å²) >= 11 is 0. The number of anilines is 1. The molecule has 1 atom stereocenters. The highest BCUT2D eigenvalue weighted by atomic mass is 16.5. The summed E-state index contributed by atoms with van der Waals surface area (Å²) < 4.78 is 10.2. The first-order valence-corrected chi connectivity index (χ1v) is 7.74. The Morgan fingerprint density at radius 2 is 2.04 bits per heavy atom. The van der Waals surface area contributed by atoms with E-state index in [9.17, 15) is 0 Å². The Labute approximate surface area is 140 Å². The van der Waals surface area contributed by atoms with Crippen molar-refractivity contribution in [3.8, 4) is 11.5 Å². The summed E-state index contributed by atoms with van der Waals surface area (Å²) in [6, 6.07) is 8.00. The molecule has 0 amide bonds. The van der Waals surface area contributed by atoms with E-state index in [0.717, 1.165) is 17.8 Å². The van der Waals surface area contributed by atoms with Crippen molar-refractivity contribution in [1.29, 1.82) is 0 Å². The SMILES string of the molecule is CCC(Nc1ccc(-c2nc(COC)no2)cn1)c1ccncc1. The molecule has 3 rings (SSSR count). The standard InChI is InChI=1S/C17H19N5O2/c1-3-14(12-6-8-18-9-7-12)20-15-5-4-13(10-19-15)17-21-16(11-23-2)22-24-17/h4-10,14H,3,11H2,1-2H3,(H,19,20). The van der Waals surface area contributed by atoms with Crippen LogP contribution < -0.4 is 5.32 Å². The molecular weight excluding hydrogens is 306 g/mol. The van der Waals surface area contributed by atoms with Crippen molar-refractivity contribution in [3.63, 3.8) is 0 Å². The van der Waals surface area contributed by atoms with Crippen molar-refractivity contribution >= 4 is 5.82 Å². The lowest BCUT2D eigenvalue weighted by Crippen LogP contribution is -2.10. The third-order valence-corrected chi connectivity index (χ3v) is 3.59. The van der Waals surface area contributed by atoms with E-state index in [1.54, 1.807) is 25.7 Å². The molecule has 3 aromatic rings. The number of hydrogen-bond acceptors (Lipinski definition) is 7. The summed E-state index contributed by atoms with van der Waals surface area (Å²) in [6.45, 7) is 2.45. The Hall–Kier alpha value is -2.80. The molecule has 0 aromatic carbocycles. The lowest BCUT2D eigenvalue weighted by atomic mass is 10.1. The van der Waals surface area contributed by atoms with Gasteiger partial charge in [-0.2, -0.15) is 4.98 Å². The minimum absolute atomic E-state index is 0.183. The fraction of sp³-hybridized carbons (Fsp3) is 0.294. The second-order valence-corrected chi connectivity index (χ2v) is 5.27. The van der Waals surface area contributed by atoms with Crippen molar-refractivity contribution in [2.45, 2.75) is 26.0 Å². The molecule has 0 aliphatic rings. The van der Waals surface area contributed by atoms with Gasteiger partial charge in [0, 0.05) is 25.7 Å². The van der Waals surface area contributed by atoms with E-state index in [2.05, 4.69) is 32.3 Å². The van der Waals surface area contributed by atoms with Crippen LogP contribution in [0.5, 0.6) is 0 Å². The summed E-state index contributed by atoms with van der Waals surface area (Å²) in [5, 5.41) is 7.27. The Kier molecular flexibility index (Phi) is 5.12. The highest BCUT2D eigenvalue weighted by molar-refractivity contribution is 5.54. The van der Waals surface area contributed by atoms with Gasteiger partial charge in [-0.1, -0.05) is 12.1 Å². The van der Waals surface area contributed by atoms with Gasteiger partial charge in [0.25, 0.3) is 5.89 Å². The van der Waals surface area contributed by atoms with Gasteiger partial charge >= 0.3 is 0 Å². The highest BCUT2D eigenvalue weighted by Gasteiger charge is 2.12. The van der Waals surface area contributed by atoms with E-state index in [1.807, 2.05) is 24.3 Å². The Bertz CT molecular complexity index is 758. The van der Waals surface area contributed by atoms with E-state index in [0.29, 0.717) is 18.3 Å². The molecule has 3 aromatic heterocycles. The maximum Gasteiger partial charge on any atom is 0.259 e. The lowest BCUT2D eigenvalue weighted by Gasteiger charge is -2.17. The van der Waals surface area contributed by atoms with Gasteiger partial charge in [0.15, 0.2) is 5.82 Å². The zero-order valence-electron chi connectivity index (χ0n) is 13.6. The molecule has 0 saturated carbocycles. The van der Waals surface area contributed by atoms with Crippen molar-refractivity contribution in [2.75, 3.05) is 12.4 Å². The summed E-state index contributed by atoms with van der Waals surface area (Å²) in [7, 11) is 1.59. The number of nitrogens with one attached hydrogen (secondary N) is 1. The van der Waals surface area contributed by atoms with Crippen LogP contribution in [0.2, 0.25) is 0 Å². The van der Waals surface area contributed by atoms with Gasteiger partial charge in [-0.25, -0.2) is 4.98 Å². The first-order chi connectivity index (χ1) is 11.8. The maximum absolute atomic E-state index is 5.21. The van der Waals surface area contributed by atoms with Crippen molar-refractivity contribution in [3.05, 3.63) is 54.2 Å². The Morgan fingerprint density at radius 3 is 2.71 bits per heavy atom. The molecule has 24 heavy (non-hydrogen) atoms. The molecular formula is C17H19N5O2. The first-order valence-electron chi connectivity index (χ1n) is 7.74. The zero-order chi connectivity index (χ0) is 16.8. The number of ether oxygens (including phenoxy) is 1. The maximum atomic E-state index is 5.21. The fourth-order valence-electron chi connectivity index (χ4n) is 2.36. The van der Waals surface area contributed by atoms with Crippen LogP contribution in [0.4, 0.5) is 5.82 Å². The highest BCUT2D eigenvalue weighted by Crippen LogP contribution is 2.23. The largest absolute Gasteiger partial charge is 0.377 e. The number of nitrogens with zero attached hydrogens (tertiary/aromatic N) is 4. The average Bonchev–Trinajstić information content (AvgIpc) is 3.10. The predicted molar refractivity (Wildman–Crippen MR) is 89.1 cm³/mol. The summed E-state index contributed by atoms with van der Waals surface area (Å²) in [4.78, 5) is 12.7. The summed E-state index contributed by atoms with van der Waals surface area (Å²) in [5.74, 6) is 1.74. The molecule has 124 valence electrons. The molecule has 0 bridgehead atoms. The first kappa shape index (κ1) is 16.1. The van der Waals surface area contributed by atoms with Crippen LogP contribution in [0.15, 0.2) is 47.4 Å². The van der Waals surface area contributed by atoms with Gasteiger partial charge in [0.05, 0.1) is 11.6 Å². The van der Waals surface area contributed by atoms with E-state index in [-0.39, 0.29) is 6.04 Å². The number of methoxy groups -OCH3 is 1. The van der Waals surface area contributed by atoms with Crippen molar-refractivity contribution in [1.82, 2.24) is 20.1 Å². The average molecular weight is 325 g/mol. The minimum atomic E-state index is 0.183.